The van der Waals surface area contributed by atoms with Gasteiger partial charge in [-0.05, 0) is 38.5 Å². The first kappa shape index (κ1) is 11.5. The molecule has 4 heteroatoms. The molecule has 0 spiro atoms. The van der Waals surface area contributed by atoms with Crippen LogP contribution >= 0.6 is 0 Å². The molecule has 1 aromatic carbocycles. The maximum atomic E-state index is 11.7. The molecule has 0 bridgehead atoms. The SMILES string of the molecule is Cc1cc(C)c2nc(C)cc(C(=O)NN)c2c1. The van der Waals surface area contributed by atoms with E-state index in [1.54, 1.807) is 6.07 Å². The molecule has 2 rings (SSSR count). The normalized spacial score (nSPS) is 10.6. The van der Waals surface area contributed by atoms with Gasteiger partial charge in [0.05, 0.1) is 11.1 Å². The van der Waals surface area contributed by atoms with Gasteiger partial charge in [-0.1, -0.05) is 11.6 Å². The maximum Gasteiger partial charge on any atom is 0.265 e. The molecule has 2 aromatic rings. The van der Waals surface area contributed by atoms with Crippen molar-refractivity contribution in [2.24, 2.45) is 5.84 Å². The summed E-state index contributed by atoms with van der Waals surface area (Å²) in [5, 5.41) is 0.844. The zero-order valence-corrected chi connectivity index (χ0v) is 10.2. The zero-order chi connectivity index (χ0) is 12.6. The summed E-state index contributed by atoms with van der Waals surface area (Å²) in [6, 6.07) is 5.77. The standard InChI is InChI=1S/C13H15N3O/c1-7-4-8(2)12-10(5-7)11(13(17)16-14)6-9(3)15-12/h4-6H,14H2,1-3H3,(H,16,17). The lowest BCUT2D eigenvalue weighted by molar-refractivity contribution is 0.0955. The predicted octanol–water partition coefficient (Wildman–Crippen LogP) is 1.76. The molecule has 3 N–H and O–H groups in total. The molecule has 0 aliphatic heterocycles. The van der Waals surface area contributed by atoms with Gasteiger partial charge in [-0.3, -0.25) is 15.2 Å². The van der Waals surface area contributed by atoms with Gasteiger partial charge in [-0.15, -0.1) is 0 Å². The van der Waals surface area contributed by atoms with Crippen LogP contribution < -0.4 is 11.3 Å². The smallest absolute Gasteiger partial charge is 0.265 e. The van der Waals surface area contributed by atoms with E-state index in [2.05, 4.69) is 16.5 Å². The number of nitrogen functional groups attached to an aromatic ring is 1. The summed E-state index contributed by atoms with van der Waals surface area (Å²) in [5.74, 6) is 4.91. The Bertz CT molecular complexity index is 605. The molecule has 88 valence electrons. The largest absolute Gasteiger partial charge is 0.290 e. The van der Waals surface area contributed by atoms with Gasteiger partial charge in [0.15, 0.2) is 0 Å². The first-order valence-electron chi connectivity index (χ1n) is 5.42. The Morgan fingerprint density at radius 1 is 1.24 bits per heavy atom. The van der Waals surface area contributed by atoms with Gasteiger partial charge in [-0.2, -0.15) is 0 Å². The van der Waals surface area contributed by atoms with E-state index in [1.165, 1.54) is 0 Å². The van der Waals surface area contributed by atoms with Crippen molar-refractivity contribution in [3.8, 4) is 0 Å². The minimum Gasteiger partial charge on any atom is -0.290 e. The Hall–Kier alpha value is -1.94. The number of nitrogens with zero attached hydrogens (tertiary/aromatic N) is 1. The van der Waals surface area contributed by atoms with E-state index >= 15 is 0 Å². The van der Waals surface area contributed by atoms with Gasteiger partial charge in [0.25, 0.3) is 5.91 Å². The molecule has 0 fully saturated rings. The third kappa shape index (κ3) is 1.99. The van der Waals surface area contributed by atoms with Crippen LogP contribution in [0.4, 0.5) is 0 Å². The highest BCUT2D eigenvalue weighted by Crippen LogP contribution is 2.23. The van der Waals surface area contributed by atoms with Crippen LogP contribution in [0.15, 0.2) is 18.2 Å². The van der Waals surface area contributed by atoms with Crippen molar-refractivity contribution >= 4 is 16.8 Å². The fourth-order valence-electron chi connectivity index (χ4n) is 2.07. The van der Waals surface area contributed by atoms with Gasteiger partial charge in [0.2, 0.25) is 0 Å². The van der Waals surface area contributed by atoms with Crippen molar-refractivity contribution in [2.45, 2.75) is 20.8 Å². The molecule has 4 nitrogen and oxygen atoms in total. The highest BCUT2D eigenvalue weighted by atomic mass is 16.2. The summed E-state index contributed by atoms with van der Waals surface area (Å²) >= 11 is 0. The second-order valence-electron chi connectivity index (χ2n) is 4.26. The lowest BCUT2D eigenvalue weighted by Crippen LogP contribution is -2.30. The number of carbonyl (C=O) groups excluding carboxylic acids is 1. The predicted molar refractivity (Wildman–Crippen MR) is 67.6 cm³/mol. The van der Waals surface area contributed by atoms with Crippen LogP contribution in [0, 0.1) is 20.8 Å². The lowest BCUT2D eigenvalue weighted by atomic mass is 10.0. The van der Waals surface area contributed by atoms with Crippen molar-refractivity contribution in [3.05, 3.63) is 40.6 Å². The summed E-state index contributed by atoms with van der Waals surface area (Å²) in [6.07, 6.45) is 0. The molecule has 0 atom stereocenters. The quantitative estimate of drug-likeness (QED) is 0.445. The van der Waals surface area contributed by atoms with Crippen LogP contribution in [0.1, 0.15) is 27.2 Å². The van der Waals surface area contributed by atoms with E-state index in [1.807, 2.05) is 26.8 Å². The molecule has 17 heavy (non-hydrogen) atoms. The van der Waals surface area contributed by atoms with Crippen LogP contribution in [0.25, 0.3) is 10.9 Å². The van der Waals surface area contributed by atoms with E-state index in [-0.39, 0.29) is 5.91 Å². The maximum absolute atomic E-state index is 11.7. The first-order chi connectivity index (χ1) is 8.02. The molecular formula is C13H15N3O. The summed E-state index contributed by atoms with van der Waals surface area (Å²) in [5.41, 5.74) is 6.58. The Kier molecular flexibility index (Phi) is 2.81. The number of aryl methyl sites for hydroxylation is 3. The van der Waals surface area contributed by atoms with E-state index in [4.69, 9.17) is 5.84 Å². The van der Waals surface area contributed by atoms with Crippen molar-refractivity contribution in [3.63, 3.8) is 0 Å². The van der Waals surface area contributed by atoms with E-state index in [0.717, 1.165) is 27.7 Å². The topological polar surface area (TPSA) is 68.0 Å². The molecule has 0 saturated carbocycles. The molecule has 0 saturated heterocycles. The number of carbonyl (C=O) groups is 1. The minimum absolute atomic E-state index is 0.287. The second-order valence-corrected chi connectivity index (χ2v) is 4.26. The van der Waals surface area contributed by atoms with Crippen molar-refractivity contribution < 1.29 is 4.79 Å². The Morgan fingerprint density at radius 3 is 2.59 bits per heavy atom. The summed E-state index contributed by atoms with van der Waals surface area (Å²) in [6.45, 7) is 5.86. The number of hydrazine groups is 1. The van der Waals surface area contributed by atoms with E-state index < -0.39 is 0 Å². The highest BCUT2D eigenvalue weighted by Gasteiger charge is 2.12. The number of aromatic nitrogens is 1. The minimum atomic E-state index is -0.287. The summed E-state index contributed by atoms with van der Waals surface area (Å²) < 4.78 is 0. The monoisotopic (exact) mass is 229 g/mol. The van der Waals surface area contributed by atoms with Crippen LogP contribution in [0.5, 0.6) is 0 Å². The number of hydrogen-bond acceptors (Lipinski definition) is 3. The average Bonchev–Trinajstić information content (AvgIpc) is 2.28. The van der Waals surface area contributed by atoms with E-state index in [0.29, 0.717) is 5.56 Å². The van der Waals surface area contributed by atoms with Gasteiger partial charge >= 0.3 is 0 Å². The number of nitrogens with two attached hydrogens (primary N) is 1. The molecular weight excluding hydrogens is 214 g/mol. The van der Waals surface area contributed by atoms with Crippen molar-refractivity contribution in [1.29, 1.82) is 0 Å². The molecule has 0 aliphatic carbocycles. The average molecular weight is 229 g/mol. The number of nitrogens with one attached hydrogen (secondary N) is 1. The molecule has 0 unspecified atom stereocenters. The Balaban J connectivity index is 2.87. The fraction of sp³-hybridized carbons (Fsp3) is 0.231. The van der Waals surface area contributed by atoms with Crippen molar-refractivity contribution in [1.82, 2.24) is 10.4 Å². The number of rotatable bonds is 1. The molecule has 0 radical (unpaired) electrons. The second kappa shape index (κ2) is 4.14. The third-order valence-electron chi connectivity index (χ3n) is 2.75. The molecule has 1 heterocycles. The lowest BCUT2D eigenvalue weighted by Gasteiger charge is -2.09. The van der Waals surface area contributed by atoms with Gasteiger partial charge < -0.3 is 0 Å². The van der Waals surface area contributed by atoms with Crippen LogP contribution in [-0.2, 0) is 0 Å². The summed E-state index contributed by atoms with van der Waals surface area (Å²) in [7, 11) is 0. The summed E-state index contributed by atoms with van der Waals surface area (Å²) in [4.78, 5) is 16.2. The van der Waals surface area contributed by atoms with Crippen LogP contribution in [0.3, 0.4) is 0 Å². The number of amides is 1. The molecule has 0 aliphatic rings. The van der Waals surface area contributed by atoms with E-state index in [9.17, 15) is 4.79 Å². The number of pyridine rings is 1. The Morgan fingerprint density at radius 2 is 1.94 bits per heavy atom. The van der Waals surface area contributed by atoms with Gasteiger partial charge in [0.1, 0.15) is 0 Å². The van der Waals surface area contributed by atoms with Crippen LogP contribution in [0.2, 0.25) is 0 Å². The highest BCUT2D eigenvalue weighted by molar-refractivity contribution is 6.06. The molecule has 1 aromatic heterocycles. The fourth-order valence-corrected chi connectivity index (χ4v) is 2.07. The third-order valence-corrected chi connectivity index (χ3v) is 2.75. The van der Waals surface area contributed by atoms with Gasteiger partial charge in [-0.25, -0.2) is 5.84 Å². The van der Waals surface area contributed by atoms with Gasteiger partial charge in [0, 0.05) is 11.1 Å². The molecule has 1 amide bonds. The van der Waals surface area contributed by atoms with Crippen LogP contribution in [-0.4, -0.2) is 10.9 Å². The first-order valence-corrected chi connectivity index (χ1v) is 5.42. The number of benzene rings is 1. The number of hydrogen-bond donors (Lipinski definition) is 2. The van der Waals surface area contributed by atoms with Crippen molar-refractivity contribution in [2.75, 3.05) is 0 Å². The Labute approximate surface area is 99.8 Å². The zero-order valence-electron chi connectivity index (χ0n) is 10.2. The number of fused-ring (bicyclic) bond motifs is 1.